The van der Waals surface area contributed by atoms with Gasteiger partial charge in [0.25, 0.3) is 0 Å². The maximum absolute atomic E-state index is 12.2. The van der Waals surface area contributed by atoms with E-state index in [0.717, 1.165) is 52.1 Å². The van der Waals surface area contributed by atoms with Crippen LogP contribution in [-0.4, -0.2) is 68.7 Å². The predicted molar refractivity (Wildman–Crippen MR) is 83.0 cm³/mol. The quantitative estimate of drug-likeness (QED) is 0.833. The summed E-state index contributed by atoms with van der Waals surface area (Å²) in [7, 11) is 0. The van der Waals surface area contributed by atoms with Gasteiger partial charge in [-0.05, 0) is 38.8 Å². The summed E-state index contributed by atoms with van der Waals surface area (Å²) in [5.41, 5.74) is 5.40. The smallest absolute Gasteiger partial charge is 0.238 e. The summed E-state index contributed by atoms with van der Waals surface area (Å²) in [6.07, 6.45) is 8.64. The molecule has 7 nitrogen and oxygen atoms in total. The molecule has 0 spiro atoms. The molecule has 1 amide bonds. The number of rotatable bonds is 5. The lowest BCUT2D eigenvalue weighted by Gasteiger charge is -2.48. The highest BCUT2D eigenvalue weighted by Gasteiger charge is 2.44. The zero-order valence-corrected chi connectivity index (χ0v) is 13.2. The fraction of sp³-hybridized carbons (Fsp3) is 0.800. The van der Waals surface area contributed by atoms with Crippen LogP contribution in [0.25, 0.3) is 0 Å². The van der Waals surface area contributed by atoms with Gasteiger partial charge in [0.15, 0.2) is 0 Å². The maximum atomic E-state index is 12.2. The Labute approximate surface area is 131 Å². The third-order valence-electron chi connectivity index (χ3n) is 5.22. The second-order valence-electron chi connectivity index (χ2n) is 6.44. The van der Waals surface area contributed by atoms with Crippen molar-refractivity contribution in [2.45, 2.75) is 44.2 Å². The molecular formula is C15H26N6O. The highest BCUT2D eigenvalue weighted by atomic mass is 16.1. The highest BCUT2D eigenvalue weighted by molar-refractivity contribution is 5.84. The van der Waals surface area contributed by atoms with Crippen molar-refractivity contribution in [3.05, 3.63) is 12.7 Å². The molecule has 122 valence electrons. The molecule has 0 radical (unpaired) electrons. The average Bonchev–Trinajstić information content (AvgIpc) is 3.07. The van der Waals surface area contributed by atoms with E-state index in [1.165, 1.54) is 19.3 Å². The zero-order valence-electron chi connectivity index (χ0n) is 13.2. The molecule has 0 saturated carbocycles. The van der Waals surface area contributed by atoms with Gasteiger partial charge in [0.2, 0.25) is 5.91 Å². The van der Waals surface area contributed by atoms with Gasteiger partial charge in [-0.25, -0.2) is 4.98 Å². The molecular weight excluding hydrogens is 280 g/mol. The van der Waals surface area contributed by atoms with Crippen LogP contribution < -0.4 is 5.73 Å². The van der Waals surface area contributed by atoms with Crippen molar-refractivity contribution in [3.8, 4) is 0 Å². The third-order valence-corrected chi connectivity index (χ3v) is 5.22. The van der Waals surface area contributed by atoms with Gasteiger partial charge < -0.3 is 10.6 Å². The van der Waals surface area contributed by atoms with E-state index in [0.29, 0.717) is 0 Å². The van der Waals surface area contributed by atoms with Crippen LogP contribution in [-0.2, 0) is 11.3 Å². The van der Waals surface area contributed by atoms with Crippen LogP contribution in [0.2, 0.25) is 0 Å². The first-order valence-corrected chi connectivity index (χ1v) is 8.30. The molecule has 3 rings (SSSR count). The van der Waals surface area contributed by atoms with E-state index in [1.54, 1.807) is 12.7 Å². The fourth-order valence-corrected chi connectivity index (χ4v) is 3.78. The largest absolute Gasteiger partial charge is 0.368 e. The molecule has 2 saturated heterocycles. The number of hydrogen-bond donors (Lipinski definition) is 1. The summed E-state index contributed by atoms with van der Waals surface area (Å²) in [4.78, 5) is 20.9. The molecule has 0 bridgehead atoms. The molecule has 2 aliphatic heterocycles. The standard InChI is InChI=1S/C15H26N6O/c16-14(22)15(20-6-2-1-3-7-20)4-8-19(9-5-15)10-11-21-13-17-12-18-21/h12-13H,1-11H2,(H2,16,22). The van der Waals surface area contributed by atoms with Gasteiger partial charge in [-0.15, -0.1) is 0 Å². The van der Waals surface area contributed by atoms with Crippen molar-refractivity contribution < 1.29 is 4.79 Å². The van der Waals surface area contributed by atoms with Crippen molar-refractivity contribution in [1.29, 1.82) is 0 Å². The van der Waals surface area contributed by atoms with E-state index >= 15 is 0 Å². The van der Waals surface area contributed by atoms with Crippen LogP contribution in [0.1, 0.15) is 32.1 Å². The van der Waals surface area contributed by atoms with Gasteiger partial charge in [-0.3, -0.25) is 14.4 Å². The van der Waals surface area contributed by atoms with Crippen LogP contribution in [0.15, 0.2) is 12.7 Å². The number of amides is 1. The topological polar surface area (TPSA) is 80.3 Å². The summed E-state index contributed by atoms with van der Waals surface area (Å²) in [5.74, 6) is -0.134. The van der Waals surface area contributed by atoms with Gasteiger partial charge in [-0.2, -0.15) is 5.10 Å². The number of nitrogens with zero attached hydrogens (tertiary/aromatic N) is 5. The van der Waals surface area contributed by atoms with Gasteiger partial charge in [0, 0.05) is 19.6 Å². The van der Waals surface area contributed by atoms with Crippen LogP contribution >= 0.6 is 0 Å². The number of nitrogens with two attached hydrogens (primary N) is 1. The number of primary amides is 1. The first-order chi connectivity index (χ1) is 10.7. The minimum atomic E-state index is -0.413. The van der Waals surface area contributed by atoms with Crippen molar-refractivity contribution in [1.82, 2.24) is 24.6 Å². The number of hydrogen-bond acceptors (Lipinski definition) is 5. The number of likely N-dealkylation sites (tertiary alicyclic amines) is 2. The van der Waals surface area contributed by atoms with Crippen LogP contribution in [0.5, 0.6) is 0 Å². The van der Waals surface area contributed by atoms with Crippen molar-refractivity contribution in [3.63, 3.8) is 0 Å². The van der Waals surface area contributed by atoms with E-state index in [2.05, 4.69) is 19.9 Å². The minimum Gasteiger partial charge on any atom is -0.368 e. The first-order valence-electron chi connectivity index (χ1n) is 8.30. The zero-order chi connectivity index (χ0) is 15.4. The monoisotopic (exact) mass is 306 g/mol. The Balaban J connectivity index is 1.56. The number of carbonyl (C=O) groups excluding carboxylic acids is 1. The summed E-state index contributed by atoms with van der Waals surface area (Å²) < 4.78 is 1.85. The molecule has 1 aromatic rings. The Morgan fingerprint density at radius 3 is 2.41 bits per heavy atom. The summed E-state index contributed by atoms with van der Waals surface area (Å²) in [5, 5.41) is 4.13. The molecule has 3 heterocycles. The maximum Gasteiger partial charge on any atom is 0.238 e. The molecule has 0 aliphatic carbocycles. The molecule has 0 unspecified atom stereocenters. The molecule has 1 aromatic heterocycles. The number of piperidine rings is 2. The molecule has 2 aliphatic rings. The summed E-state index contributed by atoms with van der Waals surface area (Å²) in [6.45, 7) is 5.66. The Bertz CT molecular complexity index is 474. The summed E-state index contributed by atoms with van der Waals surface area (Å²) in [6, 6.07) is 0. The van der Waals surface area contributed by atoms with Crippen molar-refractivity contribution in [2.75, 3.05) is 32.7 Å². The fourth-order valence-electron chi connectivity index (χ4n) is 3.78. The van der Waals surface area contributed by atoms with Gasteiger partial charge in [0.1, 0.15) is 18.2 Å². The minimum absolute atomic E-state index is 0.134. The van der Waals surface area contributed by atoms with E-state index in [4.69, 9.17) is 5.73 Å². The number of aromatic nitrogens is 3. The first kappa shape index (κ1) is 15.4. The molecule has 2 fully saturated rings. The van der Waals surface area contributed by atoms with E-state index in [-0.39, 0.29) is 5.91 Å². The Morgan fingerprint density at radius 2 is 1.82 bits per heavy atom. The SMILES string of the molecule is NC(=O)C1(N2CCCCC2)CCN(CCn2cncn2)CC1. The van der Waals surface area contributed by atoms with Crippen molar-refractivity contribution >= 4 is 5.91 Å². The molecule has 0 aromatic carbocycles. The summed E-state index contributed by atoms with van der Waals surface area (Å²) >= 11 is 0. The Hall–Kier alpha value is -1.47. The normalized spacial score (nSPS) is 23.5. The molecule has 2 N–H and O–H groups in total. The lowest BCUT2D eigenvalue weighted by Crippen LogP contribution is -2.63. The van der Waals surface area contributed by atoms with Crippen LogP contribution in [0.4, 0.5) is 0 Å². The lowest BCUT2D eigenvalue weighted by molar-refractivity contribution is -0.135. The highest BCUT2D eigenvalue weighted by Crippen LogP contribution is 2.31. The van der Waals surface area contributed by atoms with E-state index < -0.39 is 5.54 Å². The molecule has 0 atom stereocenters. The van der Waals surface area contributed by atoms with E-state index in [9.17, 15) is 4.79 Å². The van der Waals surface area contributed by atoms with Gasteiger partial charge in [0.05, 0.1) is 6.54 Å². The lowest BCUT2D eigenvalue weighted by atomic mass is 9.83. The van der Waals surface area contributed by atoms with Crippen molar-refractivity contribution in [2.24, 2.45) is 5.73 Å². The van der Waals surface area contributed by atoms with E-state index in [1.807, 2.05) is 4.68 Å². The molecule has 7 heteroatoms. The van der Waals surface area contributed by atoms with Gasteiger partial charge >= 0.3 is 0 Å². The van der Waals surface area contributed by atoms with Gasteiger partial charge in [-0.1, -0.05) is 6.42 Å². The Morgan fingerprint density at radius 1 is 1.09 bits per heavy atom. The second kappa shape index (κ2) is 6.75. The van der Waals surface area contributed by atoms with Crippen LogP contribution in [0.3, 0.4) is 0 Å². The average molecular weight is 306 g/mol. The Kier molecular flexibility index (Phi) is 4.73. The third kappa shape index (κ3) is 3.15. The predicted octanol–water partition coefficient (Wildman–Crippen LogP) is 0.0839. The number of carbonyl (C=O) groups is 1. The molecule has 22 heavy (non-hydrogen) atoms. The second-order valence-corrected chi connectivity index (χ2v) is 6.44. The van der Waals surface area contributed by atoms with Crippen LogP contribution in [0, 0.1) is 0 Å².